The molecule has 1 rings (SSSR count). The number of thioether (sulfide) groups is 1. The topological polar surface area (TPSA) is 18.5 Å². The molecule has 0 bridgehead atoms. The maximum absolute atomic E-state index is 5.65. The summed E-state index contributed by atoms with van der Waals surface area (Å²) in [7, 11) is 0. The molecule has 0 radical (unpaired) electrons. The summed E-state index contributed by atoms with van der Waals surface area (Å²) in [6, 6.07) is 7.81. The minimum Gasteiger partial charge on any atom is -0.493 e. The molecule has 0 fully saturated rings. The predicted octanol–water partition coefficient (Wildman–Crippen LogP) is 3.52. The Labute approximate surface area is 113 Å². The maximum Gasteiger partial charge on any atom is 0.122 e. The van der Waals surface area contributed by atoms with Crippen LogP contribution in [0.5, 0.6) is 11.5 Å². The molecule has 1 aromatic rings. The first-order chi connectivity index (χ1) is 8.36. The van der Waals surface area contributed by atoms with E-state index in [1.54, 1.807) is 0 Å². The quantitative estimate of drug-likeness (QED) is 0.548. The zero-order chi connectivity index (χ0) is 12.3. The van der Waals surface area contributed by atoms with Crippen molar-refractivity contribution in [3.63, 3.8) is 0 Å². The van der Waals surface area contributed by atoms with E-state index in [1.807, 2.05) is 36.0 Å². The molecular weight excluding hydrogens is 252 g/mol. The van der Waals surface area contributed by atoms with E-state index in [9.17, 15) is 0 Å². The predicted molar refractivity (Wildman–Crippen MR) is 78.9 cm³/mol. The summed E-state index contributed by atoms with van der Waals surface area (Å²) < 4.78 is 11.2. The van der Waals surface area contributed by atoms with Gasteiger partial charge in [-0.15, -0.1) is 0 Å². The lowest BCUT2D eigenvalue weighted by Crippen LogP contribution is -2.00. The lowest BCUT2D eigenvalue weighted by Gasteiger charge is -2.08. The van der Waals surface area contributed by atoms with Gasteiger partial charge in [0, 0.05) is 6.07 Å². The first-order valence-electron chi connectivity index (χ1n) is 5.82. The summed E-state index contributed by atoms with van der Waals surface area (Å²) in [4.78, 5) is 0. The smallest absolute Gasteiger partial charge is 0.122 e. The Balaban J connectivity index is 2.31. The van der Waals surface area contributed by atoms with Gasteiger partial charge < -0.3 is 9.47 Å². The highest BCUT2D eigenvalue weighted by Gasteiger charge is 1.97. The monoisotopic (exact) mass is 272 g/mol. The van der Waals surface area contributed by atoms with E-state index >= 15 is 0 Å². The fourth-order valence-corrected chi connectivity index (χ4v) is 1.84. The normalized spacial score (nSPS) is 10.2. The van der Waals surface area contributed by atoms with E-state index in [0.29, 0.717) is 6.61 Å². The fourth-order valence-electron chi connectivity index (χ4n) is 1.30. The van der Waals surface area contributed by atoms with Gasteiger partial charge >= 0.3 is 0 Å². The third-order valence-corrected chi connectivity index (χ3v) is 3.15. The van der Waals surface area contributed by atoms with Crippen molar-refractivity contribution in [2.75, 3.05) is 31.0 Å². The highest BCUT2D eigenvalue weighted by molar-refractivity contribution is 7.98. The average Bonchev–Trinajstić information content (AvgIpc) is 2.36. The van der Waals surface area contributed by atoms with Crippen LogP contribution in [0.3, 0.4) is 0 Å². The first-order valence-corrected chi connectivity index (χ1v) is 7.85. The number of hydrogen-bond donors (Lipinski definition) is 1. The Bertz CT molecular complexity index is 305. The molecule has 0 spiro atoms. The molecule has 0 aliphatic rings. The molecule has 0 saturated carbocycles. The SMILES string of the molecule is CSCCCOc1cccc(OCCCS)c1. The van der Waals surface area contributed by atoms with Gasteiger partial charge in [-0.1, -0.05) is 6.07 Å². The van der Waals surface area contributed by atoms with E-state index in [0.717, 1.165) is 42.5 Å². The summed E-state index contributed by atoms with van der Waals surface area (Å²) in [5.74, 6) is 3.74. The lowest BCUT2D eigenvalue weighted by molar-refractivity contribution is 0.303. The summed E-state index contributed by atoms with van der Waals surface area (Å²) >= 11 is 5.99. The Morgan fingerprint density at radius 1 is 1.12 bits per heavy atom. The highest BCUT2D eigenvalue weighted by atomic mass is 32.2. The van der Waals surface area contributed by atoms with Gasteiger partial charge in [-0.2, -0.15) is 24.4 Å². The molecule has 0 aliphatic heterocycles. The van der Waals surface area contributed by atoms with Crippen LogP contribution < -0.4 is 9.47 Å². The van der Waals surface area contributed by atoms with Gasteiger partial charge in [-0.25, -0.2) is 0 Å². The molecule has 0 aliphatic carbocycles. The minimum atomic E-state index is 0.708. The van der Waals surface area contributed by atoms with Gasteiger partial charge in [-0.3, -0.25) is 0 Å². The summed E-state index contributed by atoms with van der Waals surface area (Å²) in [6.07, 6.45) is 4.14. The van der Waals surface area contributed by atoms with Crippen LogP contribution in [0, 0.1) is 0 Å². The van der Waals surface area contributed by atoms with Crippen molar-refractivity contribution < 1.29 is 9.47 Å². The lowest BCUT2D eigenvalue weighted by atomic mass is 10.3. The number of thiol groups is 1. The molecule has 0 saturated heterocycles. The zero-order valence-electron chi connectivity index (χ0n) is 10.2. The van der Waals surface area contributed by atoms with Crippen molar-refractivity contribution in [2.24, 2.45) is 0 Å². The van der Waals surface area contributed by atoms with Crippen LogP contribution in [-0.2, 0) is 0 Å². The Kier molecular flexibility index (Phi) is 8.18. The maximum atomic E-state index is 5.65. The summed E-state index contributed by atoms with van der Waals surface area (Å²) in [5, 5.41) is 0. The minimum absolute atomic E-state index is 0.708. The molecule has 0 amide bonds. The van der Waals surface area contributed by atoms with Crippen molar-refractivity contribution in [3.05, 3.63) is 24.3 Å². The van der Waals surface area contributed by atoms with Gasteiger partial charge in [0.25, 0.3) is 0 Å². The third kappa shape index (κ3) is 6.74. The van der Waals surface area contributed by atoms with Crippen LogP contribution in [0.25, 0.3) is 0 Å². The second kappa shape index (κ2) is 9.54. The molecule has 4 heteroatoms. The van der Waals surface area contributed by atoms with Gasteiger partial charge in [0.2, 0.25) is 0 Å². The Morgan fingerprint density at radius 2 is 1.76 bits per heavy atom. The molecule has 2 nitrogen and oxygen atoms in total. The first kappa shape index (κ1) is 14.6. The van der Waals surface area contributed by atoms with E-state index in [-0.39, 0.29) is 0 Å². The standard InChI is InChI=1S/C13H20O2S2/c1-17-10-4-8-15-13-6-2-5-12(11-13)14-7-3-9-16/h2,5-6,11,16H,3-4,7-10H2,1H3. The van der Waals surface area contributed by atoms with Crippen LogP contribution >= 0.6 is 24.4 Å². The molecule has 0 N–H and O–H groups in total. The van der Waals surface area contributed by atoms with E-state index in [4.69, 9.17) is 9.47 Å². The number of hydrogen-bond acceptors (Lipinski definition) is 4. The largest absolute Gasteiger partial charge is 0.493 e. The molecule has 0 unspecified atom stereocenters. The van der Waals surface area contributed by atoms with Crippen LogP contribution in [0.4, 0.5) is 0 Å². The molecule has 1 aromatic carbocycles. The Hall–Kier alpha value is -0.480. The van der Waals surface area contributed by atoms with E-state index < -0.39 is 0 Å². The number of ether oxygens (including phenoxy) is 2. The average molecular weight is 272 g/mol. The summed E-state index contributed by atoms with van der Waals surface area (Å²) in [6.45, 7) is 1.47. The molecular formula is C13H20O2S2. The highest BCUT2D eigenvalue weighted by Crippen LogP contribution is 2.19. The number of rotatable bonds is 9. The second-order valence-electron chi connectivity index (χ2n) is 3.60. The van der Waals surface area contributed by atoms with E-state index in [1.165, 1.54) is 0 Å². The van der Waals surface area contributed by atoms with Crippen molar-refractivity contribution in [1.82, 2.24) is 0 Å². The van der Waals surface area contributed by atoms with Crippen LogP contribution in [-0.4, -0.2) is 31.0 Å². The van der Waals surface area contributed by atoms with E-state index in [2.05, 4.69) is 18.9 Å². The van der Waals surface area contributed by atoms with Crippen molar-refractivity contribution in [1.29, 1.82) is 0 Å². The molecule has 0 atom stereocenters. The van der Waals surface area contributed by atoms with Crippen LogP contribution in [0.2, 0.25) is 0 Å². The van der Waals surface area contributed by atoms with Gasteiger partial charge in [0.1, 0.15) is 11.5 Å². The van der Waals surface area contributed by atoms with Crippen molar-refractivity contribution >= 4 is 24.4 Å². The van der Waals surface area contributed by atoms with Crippen LogP contribution in [0.15, 0.2) is 24.3 Å². The Morgan fingerprint density at radius 3 is 2.35 bits per heavy atom. The molecule has 96 valence electrons. The van der Waals surface area contributed by atoms with Gasteiger partial charge in [0.15, 0.2) is 0 Å². The zero-order valence-corrected chi connectivity index (χ0v) is 11.9. The fraction of sp³-hybridized carbons (Fsp3) is 0.538. The third-order valence-electron chi connectivity index (χ3n) is 2.14. The number of benzene rings is 1. The second-order valence-corrected chi connectivity index (χ2v) is 5.03. The summed E-state index contributed by atoms with van der Waals surface area (Å²) in [5.41, 5.74) is 0. The molecule has 0 aromatic heterocycles. The van der Waals surface area contributed by atoms with Crippen LogP contribution in [0.1, 0.15) is 12.8 Å². The van der Waals surface area contributed by atoms with Gasteiger partial charge in [0.05, 0.1) is 13.2 Å². The van der Waals surface area contributed by atoms with Crippen molar-refractivity contribution in [2.45, 2.75) is 12.8 Å². The van der Waals surface area contributed by atoms with Gasteiger partial charge in [-0.05, 0) is 42.7 Å². The molecule has 0 heterocycles. The van der Waals surface area contributed by atoms with Crippen molar-refractivity contribution in [3.8, 4) is 11.5 Å². The molecule has 17 heavy (non-hydrogen) atoms.